The number of rotatable bonds is 3. The van der Waals surface area contributed by atoms with Gasteiger partial charge in [-0.1, -0.05) is 37.3 Å². The van der Waals surface area contributed by atoms with E-state index in [0.717, 1.165) is 19.0 Å². The number of nitrogens with two attached hydrogens (primary N) is 1. The molecule has 116 valence electrons. The normalized spacial score (nSPS) is 32.2. The number of hydrogen-bond donors (Lipinski definition) is 1. The van der Waals surface area contributed by atoms with Crippen molar-refractivity contribution in [3.63, 3.8) is 0 Å². The highest BCUT2D eigenvalue weighted by Crippen LogP contribution is 2.23. The molecule has 21 heavy (non-hydrogen) atoms. The summed E-state index contributed by atoms with van der Waals surface area (Å²) in [6.07, 6.45) is 3.85. The fourth-order valence-electron chi connectivity index (χ4n) is 3.84. The first-order chi connectivity index (χ1) is 10.2. The van der Waals surface area contributed by atoms with Crippen LogP contribution in [0, 0.1) is 5.92 Å². The molecular weight excluding hydrogens is 258 g/mol. The molecule has 0 aliphatic carbocycles. The molecule has 3 rings (SSSR count). The van der Waals surface area contributed by atoms with Gasteiger partial charge in [-0.3, -0.25) is 9.80 Å². The van der Waals surface area contributed by atoms with Gasteiger partial charge in [-0.2, -0.15) is 0 Å². The zero-order valence-corrected chi connectivity index (χ0v) is 13.2. The van der Waals surface area contributed by atoms with Crippen molar-refractivity contribution in [2.24, 2.45) is 11.7 Å². The molecule has 1 aromatic carbocycles. The van der Waals surface area contributed by atoms with E-state index in [0.29, 0.717) is 12.0 Å². The first-order valence-electron chi connectivity index (χ1n) is 8.48. The molecule has 2 saturated heterocycles. The average molecular weight is 287 g/mol. The van der Waals surface area contributed by atoms with Crippen molar-refractivity contribution in [2.45, 2.75) is 44.8 Å². The van der Waals surface area contributed by atoms with Crippen LogP contribution in [0.15, 0.2) is 30.3 Å². The van der Waals surface area contributed by atoms with Gasteiger partial charge in [0.25, 0.3) is 0 Å². The van der Waals surface area contributed by atoms with E-state index in [1.807, 2.05) is 0 Å². The summed E-state index contributed by atoms with van der Waals surface area (Å²) >= 11 is 0. The van der Waals surface area contributed by atoms with Gasteiger partial charge < -0.3 is 5.73 Å². The molecule has 0 aromatic heterocycles. The molecule has 3 unspecified atom stereocenters. The fraction of sp³-hybridized carbons (Fsp3) is 0.667. The standard InChI is InChI=1S/C18H29N3/c1-15-12-21(11-9-18(15)19)17-8-5-10-20(14-17)13-16-6-3-2-4-7-16/h2-4,6-7,15,17-18H,5,8-14,19H2,1H3. The number of benzene rings is 1. The first kappa shape index (κ1) is 15.0. The molecule has 0 spiro atoms. The van der Waals surface area contributed by atoms with E-state index in [1.165, 1.54) is 44.6 Å². The highest BCUT2D eigenvalue weighted by Gasteiger charge is 2.30. The summed E-state index contributed by atoms with van der Waals surface area (Å²) < 4.78 is 0. The predicted molar refractivity (Wildman–Crippen MR) is 88.1 cm³/mol. The van der Waals surface area contributed by atoms with Gasteiger partial charge in [-0.05, 0) is 43.8 Å². The van der Waals surface area contributed by atoms with E-state index in [4.69, 9.17) is 5.73 Å². The van der Waals surface area contributed by atoms with E-state index in [9.17, 15) is 0 Å². The smallest absolute Gasteiger partial charge is 0.0234 e. The van der Waals surface area contributed by atoms with Crippen LogP contribution in [0.25, 0.3) is 0 Å². The van der Waals surface area contributed by atoms with Crippen molar-refractivity contribution < 1.29 is 0 Å². The Kier molecular flexibility index (Phi) is 4.94. The lowest BCUT2D eigenvalue weighted by molar-refractivity contribution is 0.0571. The lowest BCUT2D eigenvalue weighted by Crippen LogP contribution is -2.54. The van der Waals surface area contributed by atoms with Crippen LogP contribution in [0.4, 0.5) is 0 Å². The Morgan fingerprint density at radius 2 is 1.90 bits per heavy atom. The lowest BCUT2D eigenvalue weighted by atomic mass is 9.92. The van der Waals surface area contributed by atoms with Gasteiger partial charge in [0.1, 0.15) is 0 Å². The average Bonchev–Trinajstić information content (AvgIpc) is 2.51. The molecule has 2 N–H and O–H groups in total. The van der Waals surface area contributed by atoms with Gasteiger partial charge in [0.05, 0.1) is 0 Å². The third kappa shape index (κ3) is 3.85. The van der Waals surface area contributed by atoms with Crippen LogP contribution in [0.1, 0.15) is 31.7 Å². The topological polar surface area (TPSA) is 32.5 Å². The zero-order valence-electron chi connectivity index (χ0n) is 13.2. The van der Waals surface area contributed by atoms with Gasteiger partial charge in [0, 0.05) is 31.7 Å². The summed E-state index contributed by atoms with van der Waals surface area (Å²) in [5.74, 6) is 0.642. The third-order valence-corrected chi connectivity index (χ3v) is 5.25. The Morgan fingerprint density at radius 3 is 2.67 bits per heavy atom. The summed E-state index contributed by atoms with van der Waals surface area (Å²) in [6, 6.07) is 12.0. The van der Waals surface area contributed by atoms with Crippen LogP contribution in [0.5, 0.6) is 0 Å². The number of likely N-dealkylation sites (tertiary alicyclic amines) is 2. The molecule has 3 nitrogen and oxygen atoms in total. The minimum Gasteiger partial charge on any atom is -0.327 e. The van der Waals surface area contributed by atoms with Crippen LogP contribution in [0.3, 0.4) is 0 Å². The fourth-order valence-corrected chi connectivity index (χ4v) is 3.84. The molecular formula is C18H29N3. The molecule has 0 radical (unpaired) electrons. The van der Waals surface area contributed by atoms with E-state index in [2.05, 4.69) is 47.1 Å². The van der Waals surface area contributed by atoms with Crippen molar-refractivity contribution in [2.75, 3.05) is 26.2 Å². The molecule has 2 aliphatic heterocycles. The van der Waals surface area contributed by atoms with Crippen LogP contribution >= 0.6 is 0 Å². The minimum atomic E-state index is 0.408. The molecule has 0 amide bonds. The Bertz CT molecular complexity index is 433. The lowest BCUT2D eigenvalue weighted by Gasteiger charge is -2.44. The van der Waals surface area contributed by atoms with Crippen LogP contribution in [-0.2, 0) is 6.54 Å². The zero-order chi connectivity index (χ0) is 14.7. The Labute approximate surface area is 129 Å². The quantitative estimate of drug-likeness (QED) is 0.926. The maximum absolute atomic E-state index is 6.16. The molecule has 2 fully saturated rings. The summed E-state index contributed by atoms with van der Waals surface area (Å²) in [5.41, 5.74) is 7.60. The molecule has 2 aliphatic rings. The third-order valence-electron chi connectivity index (χ3n) is 5.25. The highest BCUT2D eigenvalue weighted by atomic mass is 15.2. The minimum absolute atomic E-state index is 0.408. The molecule has 0 saturated carbocycles. The van der Waals surface area contributed by atoms with Crippen molar-refractivity contribution in [1.82, 2.24) is 9.80 Å². The Morgan fingerprint density at radius 1 is 1.10 bits per heavy atom. The molecule has 1 aromatic rings. The Hall–Kier alpha value is -0.900. The maximum Gasteiger partial charge on any atom is 0.0234 e. The van der Waals surface area contributed by atoms with E-state index >= 15 is 0 Å². The van der Waals surface area contributed by atoms with Crippen molar-refractivity contribution in [3.8, 4) is 0 Å². The van der Waals surface area contributed by atoms with Gasteiger partial charge in [0.15, 0.2) is 0 Å². The van der Waals surface area contributed by atoms with Crippen LogP contribution < -0.4 is 5.73 Å². The highest BCUT2D eigenvalue weighted by molar-refractivity contribution is 5.14. The summed E-state index contributed by atoms with van der Waals surface area (Å²) in [7, 11) is 0. The number of piperidine rings is 2. The molecule has 2 heterocycles. The second kappa shape index (κ2) is 6.91. The second-order valence-corrected chi connectivity index (χ2v) is 6.94. The predicted octanol–water partition coefficient (Wildman–Crippen LogP) is 2.32. The second-order valence-electron chi connectivity index (χ2n) is 6.94. The largest absolute Gasteiger partial charge is 0.327 e. The monoisotopic (exact) mass is 287 g/mol. The van der Waals surface area contributed by atoms with Crippen molar-refractivity contribution >= 4 is 0 Å². The van der Waals surface area contributed by atoms with E-state index in [1.54, 1.807) is 0 Å². The van der Waals surface area contributed by atoms with E-state index in [-0.39, 0.29) is 0 Å². The summed E-state index contributed by atoms with van der Waals surface area (Å²) in [4.78, 5) is 5.33. The SMILES string of the molecule is CC1CN(C2CCCN(Cc3ccccc3)C2)CCC1N. The molecule has 3 atom stereocenters. The first-order valence-corrected chi connectivity index (χ1v) is 8.48. The van der Waals surface area contributed by atoms with Gasteiger partial charge in [-0.15, -0.1) is 0 Å². The summed E-state index contributed by atoms with van der Waals surface area (Å²) in [6.45, 7) is 8.24. The van der Waals surface area contributed by atoms with Gasteiger partial charge >= 0.3 is 0 Å². The van der Waals surface area contributed by atoms with Gasteiger partial charge in [0.2, 0.25) is 0 Å². The van der Waals surface area contributed by atoms with Crippen LogP contribution in [0.2, 0.25) is 0 Å². The van der Waals surface area contributed by atoms with E-state index < -0.39 is 0 Å². The number of hydrogen-bond acceptors (Lipinski definition) is 3. The summed E-state index contributed by atoms with van der Waals surface area (Å²) in [5, 5.41) is 0. The maximum atomic E-state index is 6.16. The van der Waals surface area contributed by atoms with Crippen molar-refractivity contribution in [1.29, 1.82) is 0 Å². The molecule has 0 bridgehead atoms. The molecule has 3 heteroatoms. The van der Waals surface area contributed by atoms with Crippen molar-refractivity contribution in [3.05, 3.63) is 35.9 Å². The van der Waals surface area contributed by atoms with Crippen LogP contribution in [-0.4, -0.2) is 48.1 Å². The number of nitrogens with zero attached hydrogens (tertiary/aromatic N) is 2. The Balaban J connectivity index is 1.56. The van der Waals surface area contributed by atoms with Gasteiger partial charge in [-0.25, -0.2) is 0 Å².